The summed E-state index contributed by atoms with van der Waals surface area (Å²) in [5.74, 6) is -1.84. The lowest BCUT2D eigenvalue weighted by atomic mass is 10.1. The van der Waals surface area contributed by atoms with Gasteiger partial charge in [0, 0.05) is 25.9 Å². The average Bonchev–Trinajstić information content (AvgIpc) is 2.25. The minimum absolute atomic E-state index is 0.121. The maximum Gasteiger partial charge on any atom is 0.251 e. The minimum Gasteiger partial charge on any atom is -0.390 e. The third kappa shape index (κ3) is 3.56. The molecule has 1 aliphatic rings. The molecule has 16 heavy (non-hydrogen) atoms. The second kappa shape index (κ2) is 5.39. The Labute approximate surface area is 94.5 Å². The summed E-state index contributed by atoms with van der Waals surface area (Å²) in [6.45, 7) is 4.09. The third-order valence-electron chi connectivity index (χ3n) is 2.75. The molecule has 1 N–H and O–H groups in total. The van der Waals surface area contributed by atoms with Crippen LogP contribution in [-0.4, -0.2) is 41.5 Å². The average molecular weight is 232 g/mol. The van der Waals surface area contributed by atoms with E-state index in [0.29, 0.717) is 24.6 Å². The Morgan fingerprint density at radius 2 is 2.00 bits per heavy atom. The zero-order valence-electron chi connectivity index (χ0n) is 9.71. The fraction of sp³-hybridized carbons (Fsp3) is 0.727. The van der Waals surface area contributed by atoms with Crippen molar-refractivity contribution in [3.05, 3.63) is 11.8 Å². The summed E-state index contributed by atoms with van der Waals surface area (Å²) < 4.78 is 25.8. The number of nitrogens with zero attached hydrogens (tertiary/aromatic N) is 2. The lowest BCUT2D eigenvalue weighted by Gasteiger charge is -2.33. The number of piperidine rings is 1. The molecule has 1 saturated heterocycles. The standard InChI is InChI=1S/C11H18F2N2O/c1-3-10(8-16)14-9(2)15-6-4-11(12,13)5-7-15/h3,16H,4-8H2,1-2H3/b10-3-,14-9+. The number of rotatable bonds is 2. The number of amidine groups is 1. The highest BCUT2D eigenvalue weighted by Gasteiger charge is 2.34. The van der Waals surface area contributed by atoms with Gasteiger partial charge in [0.25, 0.3) is 5.92 Å². The number of aliphatic hydroxyl groups is 1. The van der Waals surface area contributed by atoms with E-state index < -0.39 is 5.92 Å². The van der Waals surface area contributed by atoms with Gasteiger partial charge in [-0.25, -0.2) is 13.8 Å². The van der Waals surface area contributed by atoms with Crippen LogP contribution >= 0.6 is 0 Å². The summed E-state index contributed by atoms with van der Waals surface area (Å²) in [4.78, 5) is 6.02. The SMILES string of the molecule is C/C=C(CO)\N=C(/C)N1CCC(F)(F)CC1. The molecule has 0 aromatic rings. The topological polar surface area (TPSA) is 35.8 Å². The van der Waals surface area contributed by atoms with E-state index in [1.54, 1.807) is 19.9 Å². The van der Waals surface area contributed by atoms with Gasteiger partial charge in [0.05, 0.1) is 12.3 Å². The van der Waals surface area contributed by atoms with Crippen LogP contribution in [0.2, 0.25) is 0 Å². The summed E-state index contributed by atoms with van der Waals surface area (Å²) in [6.07, 6.45) is 1.47. The highest BCUT2D eigenvalue weighted by molar-refractivity contribution is 5.80. The van der Waals surface area contributed by atoms with E-state index in [2.05, 4.69) is 4.99 Å². The monoisotopic (exact) mass is 232 g/mol. The Hall–Kier alpha value is -0.970. The number of alkyl halides is 2. The molecule has 0 radical (unpaired) electrons. The first-order chi connectivity index (χ1) is 7.48. The smallest absolute Gasteiger partial charge is 0.251 e. The zero-order valence-corrected chi connectivity index (χ0v) is 9.71. The third-order valence-corrected chi connectivity index (χ3v) is 2.75. The second-order valence-electron chi connectivity index (χ2n) is 3.94. The Morgan fingerprint density at radius 1 is 1.44 bits per heavy atom. The Balaban J connectivity index is 2.60. The maximum atomic E-state index is 12.9. The van der Waals surface area contributed by atoms with Crippen LogP contribution < -0.4 is 0 Å². The second-order valence-corrected chi connectivity index (χ2v) is 3.94. The van der Waals surface area contributed by atoms with Crippen LogP contribution in [-0.2, 0) is 0 Å². The van der Waals surface area contributed by atoms with E-state index >= 15 is 0 Å². The lowest BCUT2D eigenvalue weighted by molar-refractivity contribution is -0.0435. The lowest BCUT2D eigenvalue weighted by Crippen LogP contribution is -2.41. The van der Waals surface area contributed by atoms with Crippen molar-refractivity contribution < 1.29 is 13.9 Å². The van der Waals surface area contributed by atoms with Crippen LogP contribution in [0.1, 0.15) is 26.7 Å². The minimum atomic E-state index is -2.53. The quantitative estimate of drug-likeness (QED) is 0.584. The van der Waals surface area contributed by atoms with Gasteiger partial charge in [0.1, 0.15) is 5.84 Å². The Bertz CT molecular complexity index is 290. The number of allylic oxidation sites excluding steroid dienone is 1. The highest BCUT2D eigenvalue weighted by Crippen LogP contribution is 2.27. The van der Waals surface area contributed by atoms with Crippen molar-refractivity contribution in [3.8, 4) is 0 Å². The van der Waals surface area contributed by atoms with Gasteiger partial charge in [-0.15, -0.1) is 0 Å². The van der Waals surface area contributed by atoms with Gasteiger partial charge < -0.3 is 10.0 Å². The molecule has 0 aromatic carbocycles. The first-order valence-corrected chi connectivity index (χ1v) is 5.42. The zero-order chi connectivity index (χ0) is 12.2. The molecule has 1 fully saturated rings. The molecule has 0 aromatic heterocycles. The van der Waals surface area contributed by atoms with Crippen molar-refractivity contribution >= 4 is 5.84 Å². The summed E-state index contributed by atoms with van der Waals surface area (Å²) >= 11 is 0. The summed E-state index contributed by atoms with van der Waals surface area (Å²) in [5.41, 5.74) is 0.565. The van der Waals surface area contributed by atoms with Gasteiger partial charge in [-0.1, -0.05) is 6.08 Å². The molecule has 0 bridgehead atoms. The van der Waals surface area contributed by atoms with Crippen molar-refractivity contribution in [2.75, 3.05) is 19.7 Å². The molecule has 5 heteroatoms. The van der Waals surface area contributed by atoms with E-state index in [-0.39, 0.29) is 19.4 Å². The molecular weight excluding hydrogens is 214 g/mol. The van der Waals surface area contributed by atoms with Gasteiger partial charge in [0.15, 0.2) is 0 Å². The van der Waals surface area contributed by atoms with Crippen molar-refractivity contribution in [2.24, 2.45) is 4.99 Å². The molecule has 0 saturated carbocycles. The molecule has 0 aliphatic carbocycles. The first-order valence-electron chi connectivity index (χ1n) is 5.42. The summed E-state index contributed by atoms with van der Waals surface area (Å²) in [5, 5.41) is 8.94. The molecule has 0 amide bonds. The number of hydrogen-bond donors (Lipinski definition) is 1. The van der Waals surface area contributed by atoms with Crippen molar-refractivity contribution in [3.63, 3.8) is 0 Å². The van der Waals surface area contributed by atoms with Gasteiger partial charge >= 0.3 is 0 Å². The normalized spacial score (nSPS) is 22.4. The predicted molar refractivity (Wildman–Crippen MR) is 59.7 cm³/mol. The molecule has 1 aliphatic heterocycles. The molecule has 92 valence electrons. The number of aliphatic hydroxyl groups excluding tert-OH is 1. The number of halogens is 2. The van der Waals surface area contributed by atoms with Gasteiger partial charge in [0.2, 0.25) is 0 Å². The van der Waals surface area contributed by atoms with Gasteiger partial charge in [-0.05, 0) is 13.8 Å². The van der Waals surface area contributed by atoms with E-state index in [0.717, 1.165) is 0 Å². The van der Waals surface area contributed by atoms with E-state index in [1.165, 1.54) is 0 Å². The number of likely N-dealkylation sites (tertiary alicyclic amines) is 1. The van der Waals surface area contributed by atoms with E-state index in [4.69, 9.17) is 5.11 Å². The predicted octanol–water partition coefficient (Wildman–Crippen LogP) is 2.03. The van der Waals surface area contributed by atoms with Crippen LogP contribution in [0.3, 0.4) is 0 Å². The molecular formula is C11H18F2N2O. The van der Waals surface area contributed by atoms with E-state index in [9.17, 15) is 8.78 Å². The molecule has 0 atom stereocenters. The molecule has 1 heterocycles. The van der Waals surface area contributed by atoms with Crippen LogP contribution in [0.5, 0.6) is 0 Å². The highest BCUT2D eigenvalue weighted by atomic mass is 19.3. The van der Waals surface area contributed by atoms with Crippen LogP contribution in [0.4, 0.5) is 8.78 Å². The fourth-order valence-corrected chi connectivity index (χ4v) is 1.63. The Morgan fingerprint density at radius 3 is 2.44 bits per heavy atom. The largest absolute Gasteiger partial charge is 0.390 e. The maximum absolute atomic E-state index is 12.9. The van der Waals surface area contributed by atoms with Crippen LogP contribution in [0, 0.1) is 0 Å². The number of hydrogen-bond acceptors (Lipinski definition) is 2. The number of aliphatic imine (C=N–C) groups is 1. The molecule has 3 nitrogen and oxygen atoms in total. The van der Waals surface area contributed by atoms with Crippen molar-refractivity contribution in [1.29, 1.82) is 0 Å². The summed E-state index contributed by atoms with van der Waals surface area (Å²) in [7, 11) is 0. The molecule has 1 rings (SSSR count). The molecule has 0 unspecified atom stereocenters. The van der Waals surface area contributed by atoms with Gasteiger partial charge in [-0.2, -0.15) is 0 Å². The van der Waals surface area contributed by atoms with Crippen LogP contribution in [0.25, 0.3) is 0 Å². The Kier molecular flexibility index (Phi) is 4.41. The van der Waals surface area contributed by atoms with Crippen molar-refractivity contribution in [1.82, 2.24) is 4.90 Å². The van der Waals surface area contributed by atoms with Crippen LogP contribution in [0.15, 0.2) is 16.8 Å². The summed E-state index contributed by atoms with van der Waals surface area (Å²) in [6, 6.07) is 0. The first kappa shape index (κ1) is 13.1. The van der Waals surface area contributed by atoms with Crippen molar-refractivity contribution in [2.45, 2.75) is 32.6 Å². The molecule has 0 spiro atoms. The van der Waals surface area contributed by atoms with Gasteiger partial charge in [-0.3, -0.25) is 0 Å². The fourth-order valence-electron chi connectivity index (χ4n) is 1.63. The van der Waals surface area contributed by atoms with E-state index in [1.807, 2.05) is 4.90 Å².